The molecule has 0 aliphatic carbocycles. The summed E-state index contributed by atoms with van der Waals surface area (Å²) in [6.07, 6.45) is -0.0515. The molecule has 0 radical (unpaired) electrons. The molecule has 0 aliphatic rings. The summed E-state index contributed by atoms with van der Waals surface area (Å²) in [7, 11) is 1.89. The molecule has 94 valence electrons. The highest BCUT2D eigenvalue weighted by Gasteiger charge is 2.16. The first-order chi connectivity index (χ1) is 8.50. The van der Waals surface area contributed by atoms with Gasteiger partial charge in [-0.15, -0.1) is 0 Å². The van der Waals surface area contributed by atoms with Gasteiger partial charge in [0.05, 0.1) is 12.1 Å². The Balaban J connectivity index is 2.53. The Kier molecular flexibility index (Phi) is 3.52. The number of imidazole rings is 1. The Morgan fingerprint density at radius 3 is 2.72 bits per heavy atom. The molecule has 0 amide bonds. The van der Waals surface area contributed by atoms with E-state index in [1.807, 2.05) is 42.8 Å². The number of nitrogens with zero attached hydrogens (tertiary/aromatic N) is 2. The molecule has 2 rings (SSSR count). The number of benzene rings is 1. The minimum atomic E-state index is -0.866. The van der Waals surface area contributed by atoms with Crippen molar-refractivity contribution in [2.24, 2.45) is 7.05 Å². The van der Waals surface area contributed by atoms with Crippen molar-refractivity contribution in [2.45, 2.75) is 13.3 Å². The third-order valence-electron chi connectivity index (χ3n) is 2.91. The molecule has 0 aliphatic heterocycles. The maximum absolute atomic E-state index is 10.8. The van der Waals surface area contributed by atoms with Crippen LogP contribution in [0.1, 0.15) is 11.4 Å². The number of carboxylic acid groups (broad SMARTS) is 1. The second-order valence-corrected chi connectivity index (χ2v) is 4.93. The molecular weight excluding hydrogens is 296 g/mol. The number of aromatic nitrogens is 2. The van der Waals surface area contributed by atoms with E-state index >= 15 is 0 Å². The van der Waals surface area contributed by atoms with E-state index in [2.05, 4.69) is 20.9 Å². The summed E-state index contributed by atoms with van der Waals surface area (Å²) in [6.45, 7) is 1.88. The van der Waals surface area contributed by atoms with E-state index in [0.717, 1.165) is 21.6 Å². The van der Waals surface area contributed by atoms with Crippen LogP contribution in [0.15, 0.2) is 28.7 Å². The fourth-order valence-electron chi connectivity index (χ4n) is 1.83. The molecule has 0 fully saturated rings. The van der Waals surface area contributed by atoms with Gasteiger partial charge < -0.3 is 9.67 Å². The van der Waals surface area contributed by atoms with Crippen molar-refractivity contribution in [3.8, 4) is 11.4 Å². The first-order valence-corrected chi connectivity index (χ1v) is 6.29. The number of aliphatic carboxylic acids is 1. The summed E-state index contributed by atoms with van der Waals surface area (Å²) in [6, 6.07) is 7.76. The van der Waals surface area contributed by atoms with Crippen LogP contribution in [-0.2, 0) is 18.3 Å². The average molecular weight is 309 g/mol. The van der Waals surface area contributed by atoms with Crippen LogP contribution in [-0.4, -0.2) is 20.6 Å². The van der Waals surface area contributed by atoms with E-state index in [1.54, 1.807) is 0 Å². The van der Waals surface area contributed by atoms with Crippen LogP contribution >= 0.6 is 15.9 Å². The minimum absolute atomic E-state index is 0.0515. The molecule has 0 bridgehead atoms. The van der Waals surface area contributed by atoms with Crippen molar-refractivity contribution in [1.82, 2.24) is 9.55 Å². The fourth-order valence-corrected chi connectivity index (χ4v) is 2.29. The number of rotatable bonds is 3. The summed E-state index contributed by atoms with van der Waals surface area (Å²) in [5.41, 5.74) is 2.44. The Morgan fingerprint density at radius 2 is 2.11 bits per heavy atom. The molecule has 1 aromatic carbocycles. The van der Waals surface area contributed by atoms with Gasteiger partial charge in [-0.25, -0.2) is 4.98 Å². The molecule has 1 aromatic heterocycles. The van der Waals surface area contributed by atoms with Gasteiger partial charge in [0.15, 0.2) is 0 Å². The summed E-state index contributed by atoms with van der Waals surface area (Å²) >= 11 is 3.48. The molecule has 4 nitrogen and oxygen atoms in total. The number of hydrogen-bond acceptors (Lipinski definition) is 2. The lowest BCUT2D eigenvalue weighted by Gasteiger charge is -2.04. The average Bonchev–Trinajstić information content (AvgIpc) is 2.58. The molecule has 1 N–H and O–H groups in total. The summed E-state index contributed by atoms with van der Waals surface area (Å²) in [5, 5.41) is 8.86. The fraction of sp³-hybridized carbons (Fsp3) is 0.231. The molecule has 0 unspecified atom stereocenters. The Labute approximate surface area is 113 Å². The molecule has 0 spiro atoms. The third-order valence-corrected chi connectivity index (χ3v) is 3.60. The van der Waals surface area contributed by atoms with Crippen molar-refractivity contribution >= 4 is 21.9 Å². The minimum Gasteiger partial charge on any atom is -0.481 e. The van der Waals surface area contributed by atoms with Gasteiger partial charge in [-0.05, 0) is 13.0 Å². The maximum Gasteiger partial charge on any atom is 0.309 e. The Morgan fingerprint density at radius 1 is 1.44 bits per heavy atom. The van der Waals surface area contributed by atoms with Crippen LogP contribution in [0.4, 0.5) is 0 Å². The quantitative estimate of drug-likeness (QED) is 0.948. The molecule has 0 saturated carbocycles. The van der Waals surface area contributed by atoms with Gasteiger partial charge in [-0.2, -0.15) is 0 Å². The highest BCUT2D eigenvalue weighted by atomic mass is 79.9. The van der Waals surface area contributed by atoms with Crippen molar-refractivity contribution < 1.29 is 9.90 Å². The SMILES string of the molecule is Cc1c(CC(=O)O)nc(-c2ccccc2Br)n1C. The van der Waals surface area contributed by atoms with Crippen LogP contribution < -0.4 is 0 Å². The maximum atomic E-state index is 10.8. The van der Waals surface area contributed by atoms with E-state index in [4.69, 9.17) is 5.11 Å². The zero-order chi connectivity index (χ0) is 13.3. The predicted octanol–water partition coefficient (Wildman–Crippen LogP) is 2.79. The highest BCUT2D eigenvalue weighted by molar-refractivity contribution is 9.10. The molecule has 0 atom stereocenters. The topological polar surface area (TPSA) is 55.1 Å². The standard InChI is InChI=1S/C13H13BrN2O2/c1-8-11(7-12(17)18)15-13(16(8)2)9-5-3-4-6-10(9)14/h3-6H,7H2,1-2H3,(H,17,18). The number of carboxylic acids is 1. The lowest BCUT2D eigenvalue weighted by atomic mass is 10.2. The van der Waals surface area contributed by atoms with Crippen molar-refractivity contribution in [3.63, 3.8) is 0 Å². The Hall–Kier alpha value is -1.62. The molecule has 1 heterocycles. The highest BCUT2D eigenvalue weighted by Crippen LogP contribution is 2.28. The van der Waals surface area contributed by atoms with E-state index in [9.17, 15) is 4.79 Å². The van der Waals surface area contributed by atoms with E-state index < -0.39 is 5.97 Å². The van der Waals surface area contributed by atoms with Gasteiger partial charge in [-0.1, -0.05) is 34.1 Å². The summed E-state index contributed by atoms with van der Waals surface area (Å²) < 4.78 is 2.86. The zero-order valence-electron chi connectivity index (χ0n) is 10.1. The lowest BCUT2D eigenvalue weighted by molar-refractivity contribution is -0.136. The first kappa shape index (κ1) is 12.8. The van der Waals surface area contributed by atoms with Crippen LogP contribution in [0.25, 0.3) is 11.4 Å². The van der Waals surface area contributed by atoms with Gasteiger partial charge in [0, 0.05) is 22.8 Å². The smallest absolute Gasteiger partial charge is 0.309 e. The lowest BCUT2D eigenvalue weighted by Crippen LogP contribution is -2.02. The zero-order valence-corrected chi connectivity index (χ0v) is 11.7. The van der Waals surface area contributed by atoms with Crippen molar-refractivity contribution in [3.05, 3.63) is 40.1 Å². The number of carbonyl (C=O) groups is 1. The van der Waals surface area contributed by atoms with Gasteiger partial charge in [0.2, 0.25) is 0 Å². The second-order valence-electron chi connectivity index (χ2n) is 4.08. The number of halogens is 1. The van der Waals surface area contributed by atoms with Crippen molar-refractivity contribution in [1.29, 1.82) is 0 Å². The van der Waals surface area contributed by atoms with Gasteiger partial charge >= 0.3 is 5.97 Å². The monoisotopic (exact) mass is 308 g/mol. The molecule has 0 saturated heterocycles. The first-order valence-electron chi connectivity index (χ1n) is 5.49. The van der Waals surface area contributed by atoms with Crippen LogP contribution in [0.5, 0.6) is 0 Å². The molecular formula is C13H13BrN2O2. The second kappa shape index (κ2) is 4.94. The molecule has 18 heavy (non-hydrogen) atoms. The van der Waals surface area contributed by atoms with Crippen LogP contribution in [0.2, 0.25) is 0 Å². The Bertz CT molecular complexity index is 605. The summed E-state index contributed by atoms with van der Waals surface area (Å²) in [4.78, 5) is 15.2. The molecule has 2 aromatic rings. The third kappa shape index (κ3) is 2.31. The van der Waals surface area contributed by atoms with Gasteiger partial charge in [0.1, 0.15) is 5.82 Å². The molecule has 5 heteroatoms. The van der Waals surface area contributed by atoms with Crippen molar-refractivity contribution in [2.75, 3.05) is 0 Å². The van der Waals surface area contributed by atoms with Gasteiger partial charge in [-0.3, -0.25) is 4.79 Å². The predicted molar refractivity (Wildman–Crippen MR) is 72.4 cm³/mol. The van der Waals surface area contributed by atoms with Crippen LogP contribution in [0, 0.1) is 6.92 Å². The van der Waals surface area contributed by atoms with E-state index in [-0.39, 0.29) is 6.42 Å². The normalized spacial score (nSPS) is 10.6. The van der Waals surface area contributed by atoms with Crippen LogP contribution in [0.3, 0.4) is 0 Å². The number of hydrogen-bond donors (Lipinski definition) is 1. The summed E-state index contributed by atoms with van der Waals surface area (Å²) in [5.74, 6) is -0.0916. The van der Waals surface area contributed by atoms with Gasteiger partial charge in [0.25, 0.3) is 0 Å². The largest absolute Gasteiger partial charge is 0.481 e. The van der Waals surface area contributed by atoms with E-state index in [1.165, 1.54) is 0 Å². The van der Waals surface area contributed by atoms with E-state index in [0.29, 0.717) is 5.69 Å².